The second kappa shape index (κ2) is 11.2. The summed E-state index contributed by atoms with van der Waals surface area (Å²) in [5.41, 5.74) is 1.47. The van der Waals surface area contributed by atoms with Crippen molar-refractivity contribution in [3.8, 4) is 11.5 Å². The number of benzene rings is 2. The fourth-order valence-corrected chi connectivity index (χ4v) is 4.22. The SMILES string of the molecule is CCOc1cc(C(=O)N[C@@H](C)c2ccccc2Br)ccc1OCC(=O)N1CCCCC1. The van der Waals surface area contributed by atoms with Crippen molar-refractivity contribution in [3.63, 3.8) is 0 Å². The van der Waals surface area contributed by atoms with E-state index in [2.05, 4.69) is 21.2 Å². The van der Waals surface area contributed by atoms with Crippen LogP contribution in [-0.4, -0.2) is 43.0 Å². The van der Waals surface area contributed by atoms with Gasteiger partial charge < -0.3 is 19.7 Å². The van der Waals surface area contributed by atoms with E-state index in [0.717, 1.165) is 36.0 Å². The Morgan fingerprint density at radius 2 is 1.81 bits per heavy atom. The number of carbonyl (C=O) groups is 2. The van der Waals surface area contributed by atoms with Gasteiger partial charge >= 0.3 is 0 Å². The van der Waals surface area contributed by atoms with Crippen molar-refractivity contribution in [2.75, 3.05) is 26.3 Å². The molecule has 1 fully saturated rings. The highest BCUT2D eigenvalue weighted by Crippen LogP contribution is 2.29. The van der Waals surface area contributed by atoms with E-state index in [-0.39, 0.29) is 24.5 Å². The Labute approximate surface area is 192 Å². The number of hydrogen-bond acceptors (Lipinski definition) is 4. The fourth-order valence-electron chi connectivity index (χ4n) is 3.59. The summed E-state index contributed by atoms with van der Waals surface area (Å²) in [6, 6.07) is 12.7. The monoisotopic (exact) mass is 488 g/mol. The Bertz CT molecular complexity index is 912. The molecule has 166 valence electrons. The molecule has 2 aromatic rings. The van der Waals surface area contributed by atoms with Crippen LogP contribution in [0.4, 0.5) is 0 Å². The quantitative estimate of drug-likeness (QED) is 0.582. The van der Waals surface area contributed by atoms with Crippen LogP contribution in [0.5, 0.6) is 11.5 Å². The molecule has 0 aliphatic carbocycles. The Kier molecular flexibility index (Phi) is 8.35. The van der Waals surface area contributed by atoms with E-state index in [0.29, 0.717) is 23.7 Å². The lowest BCUT2D eigenvalue weighted by atomic mass is 10.1. The first-order valence-electron chi connectivity index (χ1n) is 10.7. The summed E-state index contributed by atoms with van der Waals surface area (Å²) < 4.78 is 12.4. The number of amides is 2. The van der Waals surface area contributed by atoms with Crippen molar-refractivity contribution in [2.24, 2.45) is 0 Å². The van der Waals surface area contributed by atoms with E-state index >= 15 is 0 Å². The molecule has 2 amide bonds. The first-order valence-corrected chi connectivity index (χ1v) is 11.5. The summed E-state index contributed by atoms with van der Waals surface area (Å²) in [5, 5.41) is 3.01. The lowest BCUT2D eigenvalue weighted by molar-refractivity contribution is -0.134. The molecule has 3 rings (SSSR count). The van der Waals surface area contributed by atoms with Crippen LogP contribution in [-0.2, 0) is 4.79 Å². The molecule has 0 radical (unpaired) electrons. The molecule has 1 atom stereocenters. The van der Waals surface area contributed by atoms with Gasteiger partial charge in [-0.3, -0.25) is 9.59 Å². The average molecular weight is 489 g/mol. The molecule has 31 heavy (non-hydrogen) atoms. The molecule has 0 bridgehead atoms. The number of likely N-dealkylation sites (tertiary alicyclic amines) is 1. The smallest absolute Gasteiger partial charge is 0.260 e. The molecule has 0 unspecified atom stereocenters. The lowest BCUT2D eigenvalue weighted by Gasteiger charge is -2.26. The number of hydrogen-bond donors (Lipinski definition) is 1. The summed E-state index contributed by atoms with van der Waals surface area (Å²) in [6.45, 7) is 5.76. The molecule has 0 saturated carbocycles. The zero-order valence-electron chi connectivity index (χ0n) is 18.0. The first-order chi connectivity index (χ1) is 15.0. The van der Waals surface area contributed by atoms with Gasteiger partial charge in [-0.2, -0.15) is 0 Å². The summed E-state index contributed by atoms with van der Waals surface area (Å²) in [7, 11) is 0. The number of ether oxygens (including phenoxy) is 2. The Hall–Kier alpha value is -2.54. The predicted molar refractivity (Wildman–Crippen MR) is 124 cm³/mol. The molecule has 0 spiro atoms. The maximum Gasteiger partial charge on any atom is 0.260 e. The van der Waals surface area contributed by atoms with E-state index in [4.69, 9.17) is 9.47 Å². The van der Waals surface area contributed by atoms with Crippen molar-refractivity contribution in [2.45, 2.75) is 39.2 Å². The molecule has 1 aliphatic rings. The minimum Gasteiger partial charge on any atom is -0.490 e. The van der Waals surface area contributed by atoms with Crippen molar-refractivity contribution in [1.82, 2.24) is 10.2 Å². The number of rotatable bonds is 8. The van der Waals surface area contributed by atoms with Gasteiger partial charge in [0.15, 0.2) is 18.1 Å². The molecule has 7 heteroatoms. The number of nitrogens with zero attached hydrogens (tertiary/aromatic N) is 1. The average Bonchev–Trinajstić information content (AvgIpc) is 2.79. The highest BCUT2D eigenvalue weighted by molar-refractivity contribution is 9.10. The van der Waals surface area contributed by atoms with Gasteiger partial charge in [-0.05, 0) is 62.9 Å². The standard InChI is InChI=1S/C24H29BrN2O4/c1-3-30-22-15-18(24(29)26-17(2)19-9-5-6-10-20(19)25)11-12-21(22)31-16-23(28)27-13-7-4-8-14-27/h5-6,9-12,15,17H,3-4,7-8,13-14,16H2,1-2H3,(H,26,29)/t17-/m0/s1. The maximum atomic E-state index is 12.8. The van der Waals surface area contributed by atoms with Crippen LogP contribution in [0, 0.1) is 0 Å². The van der Waals surface area contributed by atoms with Crippen molar-refractivity contribution < 1.29 is 19.1 Å². The van der Waals surface area contributed by atoms with Gasteiger partial charge in [0.05, 0.1) is 12.6 Å². The predicted octanol–water partition coefficient (Wildman–Crippen LogP) is 4.73. The van der Waals surface area contributed by atoms with E-state index in [1.54, 1.807) is 18.2 Å². The Morgan fingerprint density at radius 1 is 1.06 bits per heavy atom. The summed E-state index contributed by atoms with van der Waals surface area (Å²) >= 11 is 3.52. The van der Waals surface area contributed by atoms with E-state index in [1.165, 1.54) is 6.42 Å². The molecule has 1 heterocycles. The minimum absolute atomic E-state index is 0.0220. The number of piperidine rings is 1. The topological polar surface area (TPSA) is 67.9 Å². The minimum atomic E-state index is -0.208. The van der Waals surface area contributed by atoms with Crippen LogP contribution in [0.15, 0.2) is 46.9 Å². The van der Waals surface area contributed by atoms with E-state index in [1.807, 2.05) is 43.0 Å². The fraction of sp³-hybridized carbons (Fsp3) is 0.417. The molecular formula is C24H29BrN2O4. The van der Waals surface area contributed by atoms with Gasteiger partial charge in [0.1, 0.15) is 0 Å². The number of nitrogens with one attached hydrogen (secondary N) is 1. The van der Waals surface area contributed by atoms with Gasteiger partial charge in [-0.1, -0.05) is 34.1 Å². The zero-order valence-corrected chi connectivity index (χ0v) is 19.6. The van der Waals surface area contributed by atoms with Crippen LogP contribution >= 0.6 is 15.9 Å². The van der Waals surface area contributed by atoms with Gasteiger partial charge in [-0.15, -0.1) is 0 Å². The second-order valence-electron chi connectivity index (χ2n) is 7.54. The molecule has 1 N–H and O–H groups in total. The molecule has 6 nitrogen and oxygen atoms in total. The van der Waals surface area contributed by atoms with Gasteiger partial charge in [-0.25, -0.2) is 0 Å². The van der Waals surface area contributed by atoms with Crippen molar-refractivity contribution >= 4 is 27.7 Å². The molecule has 1 aliphatic heterocycles. The third-order valence-corrected chi connectivity index (χ3v) is 6.01. The Balaban J connectivity index is 1.66. The largest absolute Gasteiger partial charge is 0.490 e. The molecule has 1 saturated heterocycles. The third kappa shape index (κ3) is 6.23. The van der Waals surface area contributed by atoms with E-state index < -0.39 is 0 Å². The van der Waals surface area contributed by atoms with Gasteiger partial charge in [0.25, 0.3) is 11.8 Å². The molecule has 2 aromatic carbocycles. The van der Waals surface area contributed by atoms with Gasteiger partial charge in [0.2, 0.25) is 0 Å². The molecular weight excluding hydrogens is 460 g/mol. The summed E-state index contributed by atoms with van der Waals surface area (Å²) in [6.07, 6.45) is 3.25. The molecule has 0 aromatic heterocycles. The number of halogens is 1. The van der Waals surface area contributed by atoms with Crippen LogP contribution < -0.4 is 14.8 Å². The first kappa shape index (κ1) is 23.1. The van der Waals surface area contributed by atoms with Crippen LogP contribution in [0.3, 0.4) is 0 Å². The summed E-state index contributed by atoms with van der Waals surface area (Å²) in [4.78, 5) is 27.0. The normalized spacial score (nSPS) is 14.6. The van der Waals surface area contributed by atoms with Crippen molar-refractivity contribution in [3.05, 3.63) is 58.1 Å². The van der Waals surface area contributed by atoms with Crippen LogP contribution in [0.25, 0.3) is 0 Å². The van der Waals surface area contributed by atoms with Gasteiger partial charge in [0, 0.05) is 23.1 Å². The summed E-state index contributed by atoms with van der Waals surface area (Å²) in [5.74, 6) is 0.684. The van der Waals surface area contributed by atoms with Crippen LogP contribution in [0.2, 0.25) is 0 Å². The Morgan fingerprint density at radius 3 is 2.52 bits per heavy atom. The zero-order chi connectivity index (χ0) is 22.2. The maximum absolute atomic E-state index is 12.8. The van der Waals surface area contributed by atoms with Crippen molar-refractivity contribution in [1.29, 1.82) is 0 Å². The third-order valence-electron chi connectivity index (χ3n) is 5.28. The van der Waals surface area contributed by atoms with Crippen LogP contribution in [0.1, 0.15) is 55.1 Å². The second-order valence-corrected chi connectivity index (χ2v) is 8.40. The highest BCUT2D eigenvalue weighted by atomic mass is 79.9. The lowest BCUT2D eigenvalue weighted by Crippen LogP contribution is -2.38. The number of carbonyl (C=O) groups excluding carboxylic acids is 2. The highest BCUT2D eigenvalue weighted by Gasteiger charge is 2.19. The van der Waals surface area contributed by atoms with E-state index in [9.17, 15) is 9.59 Å².